The first-order valence-electron chi connectivity index (χ1n) is 4.92. The molecular weight excluding hydrogens is 160 g/mol. The van der Waals surface area contributed by atoms with Gasteiger partial charge in [0.2, 0.25) is 0 Å². The third-order valence-electron chi connectivity index (χ3n) is 2.59. The molecule has 1 heteroatoms. The van der Waals surface area contributed by atoms with Crippen LogP contribution in [0.15, 0.2) is 24.3 Å². The highest BCUT2D eigenvalue weighted by Crippen LogP contribution is 2.18. The van der Waals surface area contributed by atoms with Crippen LogP contribution in [0.5, 0.6) is 0 Å². The van der Waals surface area contributed by atoms with Crippen molar-refractivity contribution in [2.45, 2.75) is 45.6 Å². The minimum atomic E-state index is -0.162. The number of hydrogen-bond acceptors (Lipinski definition) is 1. The average Bonchev–Trinajstić information content (AvgIpc) is 2.17. The fourth-order valence-corrected chi connectivity index (χ4v) is 1.04. The molecule has 0 fully saturated rings. The van der Waals surface area contributed by atoms with Gasteiger partial charge in [0.25, 0.3) is 0 Å². The summed E-state index contributed by atoms with van der Waals surface area (Å²) in [5, 5.41) is 0. The summed E-state index contributed by atoms with van der Waals surface area (Å²) in [4.78, 5) is 0. The first-order chi connectivity index (χ1) is 6.08. The van der Waals surface area contributed by atoms with E-state index < -0.39 is 0 Å². The molecule has 0 amide bonds. The molecule has 1 atom stereocenters. The van der Waals surface area contributed by atoms with Gasteiger partial charge < -0.3 is 4.74 Å². The molecule has 1 nitrogen and oxygen atoms in total. The summed E-state index contributed by atoms with van der Waals surface area (Å²) >= 11 is 0. The van der Waals surface area contributed by atoms with E-state index in [4.69, 9.17) is 4.74 Å². The molecule has 76 valence electrons. The lowest BCUT2D eigenvalue weighted by molar-refractivity contribution is 0.0425. The number of rotatable bonds is 6. The summed E-state index contributed by atoms with van der Waals surface area (Å²) in [6, 6.07) is 0. The molecule has 0 aliphatic rings. The van der Waals surface area contributed by atoms with Gasteiger partial charge in [-0.05, 0) is 33.1 Å². The van der Waals surface area contributed by atoms with Crippen LogP contribution in [0.4, 0.5) is 0 Å². The van der Waals surface area contributed by atoms with Gasteiger partial charge in [0.1, 0.15) is 0 Å². The van der Waals surface area contributed by atoms with E-state index in [0.717, 1.165) is 19.3 Å². The van der Waals surface area contributed by atoms with E-state index in [1.165, 1.54) is 5.57 Å². The van der Waals surface area contributed by atoms with Crippen molar-refractivity contribution in [3.05, 3.63) is 24.3 Å². The summed E-state index contributed by atoms with van der Waals surface area (Å²) in [7, 11) is 1.73. The molecule has 0 aromatic rings. The van der Waals surface area contributed by atoms with E-state index in [1.54, 1.807) is 7.11 Å². The maximum atomic E-state index is 5.36. The standard InChI is InChI=1S/C12H22O/c1-6-11(3)9-8-10-12(4,7-2)13-5/h7,9H,2,6,8,10H2,1,3-5H3/b11-9+. The smallest absolute Gasteiger partial charge is 0.0831 e. The minimum Gasteiger partial charge on any atom is -0.374 e. The first-order valence-corrected chi connectivity index (χ1v) is 4.92. The van der Waals surface area contributed by atoms with Gasteiger partial charge in [-0.25, -0.2) is 0 Å². The lowest BCUT2D eigenvalue weighted by Crippen LogP contribution is -2.23. The van der Waals surface area contributed by atoms with E-state index in [-0.39, 0.29) is 5.60 Å². The molecule has 0 aliphatic heterocycles. The molecular formula is C12H22O. The van der Waals surface area contributed by atoms with Crippen molar-refractivity contribution in [3.8, 4) is 0 Å². The van der Waals surface area contributed by atoms with Gasteiger partial charge in [0.15, 0.2) is 0 Å². The highest BCUT2D eigenvalue weighted by Gasteiger charge is 2.17. The van der Waals surface area contributed by atoms with Crippen molar-refractivity contribution in [1.29, 1.82) is 0 Å². The maximum Gasteiger partial charge on any atom is 0.0831 e. The summed E-state index contributed by atoms with van der Waals surface area (Å²) in [5.74, 6) is 0. The van der Waals surface area contributed by atoms with E-state index >= 15 is 0 Å². The summed E-state index contributed by atoms with van der Waals surface area (Å²) < 4.78 is 5.36. The number of methoxy groups -OCH3 is 1. The van der Waals surface area contributed by atoms with Crippen molar-refractivity contribution >= 4 is 0 Å². The molecule has 0 heterocycles. The highest BCUT2D eigenvalue weighted by molar-refractivity contribution is 5.00. The molecule has 0 aromatic carbocycles. The second-order valence-corrected chi connectivity index (χ2v) is 3.66. The van der Waals surface area contributed by atoms with Crippen LogP contribution in [-0.2, 0) is 4.74 Å². The van der Waals surface area contributed by atoms with Crippen molar-refractivity contribution in [3.63, 3.8) is 0 Å². The molecule has 0 bridgehead atoms. The van der Waals surface area contributed by atoms with Gasteiger partial charge in [0, 0.05) is 7.11 Å². The number of hydrogen-bond donors (Lipinski definition) is 0. The molecule has 13 heavy (non-hydrogen) atoms. The first kappa shape index (κ1) is 12.4. The fraction of sp³-hybridized carbons (Fsp3) is 0.667. The van der Waals surface area contributed by atoms with Gasteiger partial charge in [-0.3, -0.25) is 0 Å². The van der Waals surface area contributed by atoms with Gasteiger partial charge in [-0.1, -0.05) is 24.6 Å². The molecule has 0 rings (SSSR count). The van der Waals surface area contributed by atoms with E-state index in [2.05, 4.69) is 33.4 Å². The zero-order valence-electron chi connectivity index (χ0n) is 9.39. The fourth-order valence-electron chi connectivity index (χ4n) is 1.04. The van der Waals surface area contributed by atoms with Crippen LogP contribution < -0.4 is 0 Å². The van der Waals surface area contributed by atoms with Crippen LogP contribution in [0.1, 0.15) is 40.0 Å². The summed E-state index contributed by atoms with van der Waals surface area (Å²) in [6.07, 6.45) is 7.36. The van der Waals surface area contributed by atoms with Crippen molar-refractivity contribution in [1.82, 2.24) is 0 Å². The Morgan fingerprint density at radius 3 is 2.54 bits per heavy atom. The topological polar surface area (TPSA) is 9.23 Å². The molecule has 0 radical (unpaired) electrons. The van der Waals surface area contributed by atoms with Crippen LogP contribution in [-0.4, -0.2) is 12.7 Å². The van der Waals surface area contributed by atoms with Crippen LogP contribution in [0.3, 0.4) is 0 Å². The van der Waals surface area contributed by atoms with Crippen LogP contribution in [0, 0.1) is 0 Å². The van der Waals surface area contributed by atoms with E-state index in [9.17, 15) is 0 Å². The van der Waals surface area contributed by atoms with E-state index in [1.807, 2.05) is 6.08 Å². The number of allylic oxidation sites excluding steroid dienone is 2. The third-order valence-corrected chi connectivity index (χ3v) is 2.59. The Balaban J connectivity index is 3.93. The van der Waals surface area contributed by atoms with Crippen molar-refractivity contribution < 1.29 is 4.74 Å². The quantitative estimate of drug-likeness (QED) is 0.569. The Morgan fingerprint density at radius 2 is 2.15 bits per heavy atom. The molecule has 0 N–H and O–H groups in total. The average molecular weight is 182 g/mol. The van der Waals surface area contributed by atoms with Gasteiger partial charge in [-0.15, -0.1) is 6.58 Å². The van der Waals surface area contributed by atoms with Gasteiger partial charge >= 0.3 is 0 Å². The monoisotopic (exact) mass is 182 g/mol. The summed E-state index contributed by atoms with van der Waals surface area (Å²) in [5.41, 5.74) is 1.28. The van der Waals surface area contributed by atoms with E-state index in [0.29, 0.717) is 0 Å². The molecule has 0 saturated carbocycles. The predicted octanol–water partition coefficient (Wildman–Crippen LogP) is 3.71. The third kappa shape index (κ3) is 4.89. The normalized spacial score (nSPS) is 16.8. The molecule has 1 unspecified atom stereocenters. The highest BCUT2D eigenvalue weighted by atomic mass is 16.5. The van der Waals surface area contributed by atoms with Crippen molar-refractivity contribution in [2.24, 2.45) is 0 Å². The van der Waals surface area contributed by atoms with Crippen LogP contribution in [0.25, 0.3) is 0 Å². The lowest BCUT2D eigenvalue weighted by atomic mass is 9.99. The molecule has 0 saturated heterocycles. The van der Waals surface area contributed by atoms with Crippen LogP contribution in [0.2, 0.25) is 0 Å². The minimum absolute atomic E-state index is 0.162. The Hall–Kier alpha value is -0.560. The largest absolute Gasteiger partial charge is 0.374 e. The van der Waals surface area contributed by atoms with Gasteiger partial charge in [0.05, 0.1) is 5.60 Å². The molecule has 0 aliphatic carbocycles. The SMILES string of the molecule is C=CC(C)(CC/C=C(\C)CC)OC. The van der Waals surface area contributed by atoms with Crippen molar-refractivity contribution in [2.75, 3.05) is 7.11 Å². The lowest BCUT2D eigenvalue weighted by Gasteiger charge is -2.23. The Kier molecular flexibility index (Phi) is 5.72. The maximum absolute atomic E-state index is 5.36. The number of ether oxygens (including phenoxy) is 1. The molecule has 0 aromatic heterocycles. The Labute approximate surface area is 82.5 Å². The predicted molar refractivity (Wildman–Crippen MR) is 58.9 cm³/mol. The summed E-state index contributed by atoms with van der Waals surface area (Å²) in [6.45, 7) is 10.2. The Bertz CT molecular complexity index is 182. The van der Waals surface area contributed by atoms with Gasteiger partial charge in [-0.2, -0.15) is 0 Å². The second kappa shape index (κ2) is 5.98. The zero-order valence-corrected chi connectivity index (χ0v) is 9.39. The molecule has 0 spiro atoms. The zero-order chi connectivity index (χ0) is 10.3. The van der Waals surface area contributed by atoms with Crippen LogP contribution >= 0.6 is 0 Å². The second-order valence-electron chi connectivity index (χ2n) is 3.66. The Morgan fingerprint density at radius 1 is 1.54 bits per heavy atom.